The van der Waals surface area contributed by atoms with Crippen LogP contribution in [0.4, 0.5) is 0 Å². The third kappa shape index (κ3) is 3.95. The Bertz CT molecular complexity index is 222. The second kappa shape index (κ2) is 5.85. The minimum atomic E-state index is -0.430. The Morgan fingerprint density at radius 3 is 1.58 bits per heavy atom. The van der Waals surface area contributed by atoms with E-state index in [0.717, 1.165) is 0 Å². The molecule has 0 saturated carbocycles. The molecule has 0 amide bonds. The molecule has 0 saturated heterocycles. The highest BCUT2D eigenvalue weighted by molar-refractivity contribution is 6.62. The first-order valence-electron chi connectivity index (χ1n) is 2.78. The molecule has 0 aliphatic rings. The molecule has 1 atom stereocenters. The van der Waals surface area contributed by atoms with Crippen molar-refractivity contribution >= 4 is 69.6 Å². The summed E-state index contributed by atoms with van der Waals surface area (Å²) in [6.45, 7) is 1.65. The van der Waals surface area contributed by atoms with Gasteiger partial charge in [0.2, 0.25) is 0 Å². The lowest BCUT2D eigenvalue weighted by atomic mass is 10.4. The maximum Gasteiger partial charge on any atom is 0.126 e. The average Bonchev–Trinajstić information content (AvgIpc) is 2.00. The monoisotopic (exact) mass is 286 g/mol. The van der Waals surface area contributed by atoms with Crippen LogP contribution in [0, 0.1) is 0 Å². The molecule has 0 aromatic heterocycles. The predicted molar refractivity (Wildman–Crippen MR) is 58.6 cm³/mol. The summed E-state index contributed by atoms with van der Waals surface area (Å²) in [7, 11) is 0. The predicted octanol–water partition coefficient (Wildman–Crippen LogP) is 5.19. The minimum Gasteiger partial charge on any atom is -0.117 e. The molecule has 6 heteroatoms. The first kappa shape index (κ1) is 13.2. The molecule has 0 N–H and O–H groups in total. The van der Waals surface area contributed by atoms with Crippen molar-refractivity contribution in [3.05, 3.63) is 19.6 Å². The normalized spacial score (nSPS) is 15.2. The molecule has 0 bridgehead atoms. The Balaban J connectivity index is 4.93. The van der Waals surface area contributed by atoms with Gasteiger partial charge in [0.1, 0.15) is 4.49 Å². The van der Waals surface area contributed by atoms with Crippen LogP contribution in [0.25, 0.3) is 0 Å². The number of allylic oxidation sites excluding steroid dienone is 3. The van der Waals surface area contributed by atoms with Crippen LogP contribution in [0.2, 0.25) is 0 Å². The van der Waals surface area contributed by atoms with Gasteiger partial charge < -0.3 is 0 Å². The van der Waals surface area contributed by atoms with E-state index in [1.54, 1.807) is 6.92 Å². The van der Waals surface area contributed by atoms with Crippen LogP contribution in [0.15, 0.2) is 19.6 Å². The van der Waals surface area contributed by atoms with E-state index in [1.165, 1.54) is 0 Å². The van der Waals surface area contributed by atoms with Gasteiger partial charge >= 0.3 is 0 Å². The zero-order chi connectivity index (χ0) is 9.89. The molecular formula is C6H4Cl6. The zero-order valence-corrected chi connectivity index (χ0v) is 10.4. The third-order valence-electron chi connectivity index (χ3n) is 0.918. The summed E-state index contributed by atoms with van der Waals surface area (Å²) in [6.07, 6.45) is 0. The van der Waals surface area contributed by atoms with E-state index in [0.29, 0.717) is 0 Å². The molecule has 0 aromatic carbocycles. The molecule has 0 nitrogen and oxygen atoms in total. The molecule has 0 heterocycles. The minimum absolute atomic E-state index is 0.00231. The van der Waals surface area contributed by atoms with E-state index in [2.05, 4.69) is 0 Å². The van der Waals surface area contributed by atoms with E-state index in [-0.39, 0.29) is 19.6 Å². The van der Waals surface area contributed by atoms with Gasteiger partial charge in [-0.25, -0.2) is 0 Å². The summed E-state index contributed by atoms with van der Waals surface area (Å²) in [4.78, 5) is 0. The highest BCUT2D eigenvalue weighted by Crippen LogP contribution is 2.33. The maximum absolute atomic E-state index is 5.68. The number of rotatable bonds is 2. The van der Waals surface area contributed by atoms with Gasteiger partial charge in [-0.1, -0.05) is 58.0 Å². The van der Waals surface area contributed by atoms with Gasteiger partial charge in [-0.05, 0) is 6.92 Å². The summed E-state index contributed by atoms with van der Waals surface area (Å²) in [5.41, 5.74) is 0. The molecule has 0 fully saturated rings. The molecule has 0 radical (unpaired) electrons. The summed E-state index contributed by atoms with van der Waals surface area (Å²) in [5.74, 6) is 0. The lowest BCUT2D eigenvalue weighted by molar-refractivity contribution is 1.19. The smallest absolute Gasteiger partial charge is 0.117 e. The molecule has 0 aromatic rings. The fourth-order valence-electron chi connectivity index (χ4n) is 0.362. The number of hydrogen-bond acceptors (Lipinski definition) is 0. The van der Waals surface area contributed by atoms with Crippen LogP contribution in [0.3, 0.4) is 0 Å². The van der Waals surface area contributed by atoms with Crippen molar-refractivity contribution in [2.24, 2.45) is 0 Å². The van der Waals surface area contributed by atoms with Crippen molar-refractivity contribution in [2.75, 3.05) is 0 Å². The lowest BCUT2D eigenvalue weighted by Crippen LogP contribution is -1.93. The van der Waals surface area contributed by atoms with Crippen molar-refractivity contribution in [2.45, 2.75) is 12.3 Å². The van der Waals surface area contributed by atoms with Crippen molar-refractivity contribution < 1.29 is 0 Å². The van der Waals surface area contributed by atoms with Crippen LogP contribution in [-0.4, -0.2) is 5.38 Å². The summed E-state index contributed by atoms with van der Waals surface area (Å²) >= 11 is 33.3. The van der Waals surface area contributed by atoms with Gasteiger partial charge in [-0.15, -0.1) is 11.6 Å². The van der Waals surface area contributed by atoms with Crippen LogP contribution in [0.1, 0.15) is 6.92 Å². The molecule has 0 spiro atoms. The van der Waals surface area contributed by atoms with Gasteiger partial charge in [0.15, 0.2) is 0 Å². The average molecular weight is 289 g/mol. The Morgan fingerprint density at radius 2 is 1.33 bits per heavy atom. The first-order chi connectivity index (χ1) is 5.37. The van der Waals surface area contributed by atoms with Crippen LogP contribution < -0.4 is 0 Å². The highest BCUT2D eigenvalue weighted by Gasteiger charge is 2.12. The first-order valence-corrected chi connectivity index (χ1v) is 5.11. The maximum atomic E-state index is 5.68. The molecule has 70 valence electrons. The molecular weight excluding hydrogens is 285 g/mol. The van der Waals surface area contributed by atoms with E-state index < -0.39 is 5.38 Å². The standard InChI is InChI=1S/C6H4Cl6/c1-2(7)3(8)4(9)5(10)6(11)12/h2H,1H3. The van der Waals surface area contributed by atoms with Gasteiger partial charge in [-0.3, -0.25) is 0 Å². The topological polar surface area (TPSA) is 0 Å². The molecule has 0 aliphatic heterocycles. The van der Waals surface area contributed by atoms with Crippen LogP contribution >= 0.6 is 69.6 Å². The van der Waals surface area contributed by atoms with E-state index in [1.807, 2.05) is 0 Å². The van der Waals surface area contributed by atoms with Gasteiger partial charge in [-0.2, -0.15) is 0 Å². The Hall–Kier alpha value is 1.22. The molecule has 0 rings (SSSR count). The van der Waals surface area contributed by atoms with E-state index in [4.69, 9.17) is 69.6 Å². The molecule has 0 aliphatic carbocycles. The van der Waals surface area contributed by atoms with Gasteiger partial charge in [0, 0.05) is 0 Å². The van der Waals surface area contributed by atoms with Gasteiger partial charge in [0.25, 0.3) is 0 Å². The third-order valence-corrected chi connectivity index (χ3v) is 3.30. The lowest BCUT2D eigenvalue weighted by Gasteiger charge is -2.04. The Kier molecular flexibility index (Phi) is 6.44. The van der Waals surface area contributed by atoms with Crippen LogP contribution in [-0.2, 0) is 0 Å². The van der Waals surface area contributed by atoms with Crippen molar-refractivity contribution in [3.8, 4) is 0 Å². The molecule has 1 unspecified atom stereocenters. The van der Waals surface area contributed by atoms with E-state index >= 15 is 0 Å². The van der Waals surface area contributed by atoms with Crippen molar-refractivity contribution in [1.82, 2.24) is 0 Å². The summed E-state index contributed by atoms with van der Waals surface area (Å²) in [6, 6.07) is 0. The molecule has 12 heavy (non-hydrogen) atoms. The second-order valence-corrected chi connectivity index (χ2v) is 4.62. The fourth-order valence-corrected chi connectivity index (χ4v) is 1.32. The summed E-state index contributed by atoms with van der Waals surface area (Å²) < 4.78 is -0.142. The fraction of sp³-hybridized carbons (Fsp3) is 0.333. The van der Waals surface area contributed by atoms with Crippen molar-refractivity contribution in [1.29, 1.82) is 0 Å². The number of hydrogen-bond donors (Lipinski definition) is 0. The quantitative estimate of drug-likeness (QED) is 0.485. The van der Waals surface area contributed by atoms with Crippen LogP contribution in [0.5, 0.6) is 0 Å². The highest BCUT2D eigenvalue weighted by atomic mass is 35.5. The Morgan fingerprint density at radius 1 is 0.917 bits per heavy atom. The van der Waals surface area contributed by atoms with Gasteiger partial charge in [0.05, 0.1) is 20.5 Å². The summed E-state index contributed by atoms with van der Waals surface area (Å²) in [5, 5.41) is -0.152. The SMILES string of the molecule is CC(Cl)C(Cl)=C(Cl)C(Cl)=C(Cl)Cl. The second-order valence-electron chi connectivity index (χ2n) is 1.85. The van der Waals surface area contributed by atoms with E-state index in [9.17, 15) is 0 Å². The van der Waals surface area contributed by atoms with Crippen molar-refractivity contribution in [3.63, 3.8) is 0 Å². The number of halogens is 6. The Labute approximate surface area is 101 Å². The zero-order valence-electron chi connectivity index (χ0n) is 5.85. The largest absolute Gasteiger partial charge is 0.126 e. The number of alkyl halides is 1.